The highest BCUT2D eigenvalue weighted by Crippen LogP contribution is 2.18. The normalized spacial score (nSPS) is 11.3. The highest BCUT2D eigenvalue weighted by Gasteiger charge is 1.95. The summed E-state index contributed by atoms with van der Waals surface area (Å²) in [6.45, 7) is 0.197. The van der Waals surface area contributed by atoms with E-state index >= 15 is 0 Å². The summed E-state index contributed by atoms with van der Waals surface area (Å²) in [6, 6.07) is 8.14. The van der Waals surface area contributed by atoms with Crippen molar-refractivity contribution in [1.29, 1.82) is 0 Å². The SMILES string of the molecule is OCCC=Cc1cccc2cnccc12. The van der Waals surface area contributed by atoms with Gasteiger partial charge in [-0.1, -0.05) is 30.4 Å². The molecule has 0 aliphatic carbocycles. The summed E-state index contributed by atoms with van der Waals surface area (Å²) >= 11 is 0. The zero-order valence-electron chi connectivity index (χ0n) is 8.43. The van der Waals surface area contributed by atoms with Gasteiger partial charge in [0, 0.05) is 24.4 Å². The third-order valence-electron chi connectivity index (χ3n) is 2.31. The smallest absolute Gasteiger partial charge is 0.0465 e. The van der Waals surface area contributed by atoms with Gasteiger partial charge in [0.1, 0.15) is 0 Å². The second kappa shape index (κ2) is 4.71. The van der Waals surface area contributed by atoms with Crippen LogP contribution in [0.25, 0.3) is 16.8 Å². The Kier molecular flexibility index (Phi) is 3.10. The topological polar surface area (TPSA) is 33.1 Å². The van der Waals surface area contributed by atoms with Crippen molar-refractivity contribution in [2.75, 3.05) is 6.61 Å². The van der Waals surface area contributed by atoms with Gasteiger partial charge in [0.15, 0.2) is 0 Å². The van der Waals surface area contributed by atoms with Crippen molar-refractivity contribution in [2.24, 2.45) is 0 Å². The molecule has 15 heavy (non-hydrogen) atoms. The van der Waals surface area contributed by atoms with Crippen LogP contribution < -0.4 is 0 Å². The molecule has 0 aliphatic rings. The van der Waals surface area contributed by atoms with Gasteiger partial charge in [-0.15, -0.1) is 0 Å². The zero-order chi connectivity index (χ0) is 10.5. The number of hydrogen-bond acceptors (Lipinski definition) is 2. The molecule has 1 N–H and O–H groups in total. The predicted molar refractivity (Wildman–Crippen MR) is 62.5 cm³/mol. The molecule has 0 atom stereocenters. The van der Waals surface area contributed by atoms with Crippen LogP contribution in [0.4, 0.5) is 0 Å². The van der Waals surface area contributed by atoms with E-state index in [1.54, 1.807) is 6.20 Å². The fraction of sp³-hybridized carbons (Fsp3) is 0.154. The molecule has 0 aliphatic heterocycles. The molecule has 2 heteroatoms. The van der Waals surface area contributed by atoms with Crippen molar-refractivity contribution >= 4 is 16.8 Å². The minimum atomic E-state index is 0.197. The first-order chi connectivity index (χ1) is 7.42. The Bertz CT molecular complexity index is 471. The third kappa shape index (κ3) is 2.22. The monoisotopic (exact) mass is 199 g/mol. The first-order valence-corrected chi connectivity index (χ1v) is 5.02. The van der Waals surface area contributed by atoms with Crippen LogP contribution in [0.3, 0.4) is 0 Å². The van der Waals surface area contributed by atoms with E-state index in [1.165, 1.54) is 10.9 Å². The number of aromatic nitrogens is 1. The Morgan fingerprint density at radius 2 is 2.20 bits per heavy atom. The zero-order valence-corrected chi connectivity index (χ0v) is 8.43. The number of rotatable bonds is 3. The summed E-state index contributed by atoms with van der Waals surface area (Å²) in [4.78, 5) is 4.09. The number of nitrogens with zero attached hydrogens (tertiary/aromatic N) is 1. The molecule has 0 unspecified atom stereocenters. The number of hydrogen-bond donors (Lipinski definition) is 1. The summed E-state index contributed by atoms with van der Waals surface area (Å²) in [6.07, 6.45) is 8.37. The van der Waals surface area contributed by atoms with Crippen LogP contribution in [0.1, 0.15) is 12.0 Å². The van der Waals surface area contributed by atoms with Gasteiger partial charge in [-0.3, -0.25) is 4.98 Å². The Balaban J connectivity index is 2.42. The summed E-state index contributed by atoms with van der Waals surface area (Å²) in [5.41, 5.74) is 1.17. The van der Waals surface area contributed by atoms with Gasteiger partial charge >= 0.3 is 0 Å². The van der Waals surface area contributed by atoms with Gasteiger partial charge in [-0.2, -0.15) is 0 Å². The number of fused-ring (bicyclic) bond motifs is 1. The lowest BCUT2D eigenvalue weighted by Crippen LogP contribution is -1.80. The van der Waals surface area contributed by atoms with E-state index < -0.39 is 0 Å². The van der Waals surface area contributed by atoms with E-state index in [4.69, 9.17) is 5.11 Å². The lowest BCUT2D eigenvalue weighted by atomic mass is 10.1. The fourth-order valence-electron chi connectivity index (χ4n) is 1.58. The minimum absolute atomic E-state index is 0.197. The van der Waals surface area contributed by atoms with Gasteiger partial charge in [-0.25, -0.2) is 0 Å². The quantitative estimate of drug-likeness (QED) is 0.824. The average molecular weight is 199 g/mol. The fourth-order valence-corrected chi connectivity index (χ4v) is 1.58. The van der Waals surface area contributed by atoms with E-state index in [1.807, 2.05) is 36.5 Å². The maximum atomic E-state index is 8.70. The maximum Gasteiger partial charge on any atom is 0.0465 e. The third-order valence-corrected chi connectivity index (χ3v) is 2.31. The van der Waals surface area contributed by atoms with Gasteiger partial charge < -0.3 is 5.11 Å². The molecule has 1 aromatic carbocycles. The van der Waals surface area contributed by atoms with Crippen molar-refractivity contribution in [3.63, 3.8) is 0 Å². The van der Waals surface area contributed by atoms with Gasteiger partial charge in [-0.05, 0) is 23.4 Å². The summed E-state index contributed by atoms with van der Waals surface area (Å²) in [5.74, 6) is 0. The van der Waals surface area contributed by atoms with Crippen molar-refractivity contribution < 1.29 is 5.11 Å². The first-order valence-electron chi connectivity index (χ1n) is 5.02. The van der Waals surface area contributed by atoms with Crippen molar-refractivity contribution in [2.45, 2.75) is 6.42 Å². The van der Waals surface area contributed by atoms with Crippen molar-refractivity contribution in [1.82, 2.24) is 4.98 Å². The molecule has 2 rings (SSSR count). The molecule has 0 fully saturated rings. The Morgan fingerprint density at radius 1 is 1.27 bits per heavy atom. The van der Waals surface area contributed by atoms with Crippen LogP contribution in [0.5, 0.6) is 0 Å². The van der Waals surface area contributed by atoms with Crippen LogP contribution in [-0.4, -0.2) is 16.7 Å². The number of aliphatic hydroxyl groups excluding tert-OH is 1. The molecule has 76 valence electrons. The molecule has 2 nitrogen and oxygen atoms in total. The van der Waals surface area contributed by atoms with Crippen LogP contribution in [0.2, 0.25) is 0 Å². The highest BCUT2D eigenvalue weighted by atomic mass is 16.2. The molecule has 0 amide bonds. The minimum Gasteiger partial charge on any atom is -0.396 e. The molecule has 2 aromatic rings. The van der Waals surface area contributed by atoms with Crippen molar-refractivity contribution in [3.05, 3.63) is 48.3 Å². The second-order valence-corrected chi connectivity index (χ2v) is 3.36. The number of pyridine rings is 1. The molecule has 0 saturated heterocycles. The first kappa shape index (κ1) is 9.87. The second-order valence-electron chi connectivity index (χ2n) is 3.36. The number of benzene rings is 1. The lowest BCUT2D eigenvalue weighted by Gasteiger charge is -2.00. The van der Waals surface area contributed by atoms with Crippen molar-refractivity contribution in [3.8, 4) is 0 Å². The van der Waals surface area contributed by atoms with E-state index in [-0.39, 0.29) is 6.61 Å². The van der Waals surface area contributed by atoms with Crippen LogP contribution in [0.15, 0.2) is 42.7 Å². The van der Waals surface area contributed by atoms with E-state index in [2.05, 4.69) is 11.1 Å². The predicted octanol–water partition coefficient (Wildman–Crippen LogP) is 2.63. The Morgan fingerprint density at radius 3 is 3.07 bits per heavy atom. The molecule has 0 spiro atoms. The van der Waals surface area contributed by atoms with Crippen LogP contribution in [0, 0.1) is 0 Å². The summed E-state index contributed by atoms with van der Waals surface area (Å²) < 4.78 is 0. The Labute approximate surface area is 88.9 Å². The largest absolute Gasteiger partial charge is 0.396 e. The molecule has 0 saturated carbocycles. The summed E-state index contributed by atoms with van der Waals surface area (Å²) in [7, 11) is 0. The Hall–Kier alpha value is -1.67. The van der Waals surface area contributed by atoms with Gasteiger partial charge in [0.2, 0.25) is 0 Å². The molecular weight excluding hydrogens is 186 g/mol. The van der Waals surface area contributed by atoms with E-state index in [9.17, 15) is 0 Å². The van der Waals surface area contributed by atoms with Crippen LogP contribution in [-0.2, 0) is 0 Å². The molecular formula is C13H13NO. The number of aliphatic hydroxyl groups is 1. The van der Waals surface area contributed by atoms with Crippen LogP contribution >= 0.6 is 0 Å². The molecule has 0 bridgehead atoms. The van der Waals surface area contributed by atoms with Gasteiger partial charge in [0.05, 0.1) is 0 Å². The molecule has 1 heterocycles. The molecule has 0 radical (unpaired) electrons. The summed E-state index contributed by atoms with van der Waals surface area (Å²) in [5, 5.41) is 11.0. The highest BCUT2D eigenvalue weighted by molar-refractivity contribution is 5.89. The standard InChI is InChI=1S/C13H13NO/c15-9-2-1-4-11-5-3-6-12-10-14-8-7-13(11)12/h1,3-8,10,15H,2,9H2. The van der Waals surface area contributed by atoms with E-state index in [0.717, 1.165) is 5.39 Å². The molecule has 1 aromatic heterocycles. The van der Waals surface area contributed by atoms with E-state index in [0.29, 0.717) is 6.42 Å². The maximum absolute atomic E-state index is 8.70. The van der Waals surface area contributed by atoms with Gasteiger partial charge in [0.25, 0.3) is 0 Å². The lowest BCUT2D eigenvalue weighted by molar-refractivity contribution is 0.303. The average Bonchev–Trinajstić information content (AvgIpc) is 2.30.